The molecule has 3 atom stereocenters. The molecule has 0 radical (unpaired) electrons. The average Bonchev–Trinajstić information content (AvgIpc) is 3.23. The maximum absolute atomic E-state index is 13.5. The van der Waals surface area contributed by atoms with E-state index in [9.17, 15) is 9.90 Å². The quantitative estimate of drug-likeness (QED) is 0.488. The maximum Gasteiger partial charge on any atom is 0.255 e. The molecule has 0 spiro atoms. The van der Waals surface area contributed by atoms with Crippen LogP contribution in [0.3, 0.4) is 0 Å². The number of nitrogens with one attached hydrogen (secondary N) is 2. The van der Waals surface area contributed by atoms with Gasteiger partial charge in [0.15, 0.2) is 5.65 Å². The van der Waals surface area contributed by atoms with E-state index in [-0.39, 0.29) is 24.1 Å². The van der Waals surface area contributed by atoms with E-state index in [1.165, 1.54) is 11.1 Å². The normalized spacial score (nSPS) is 19.4. The molecule has 1 aliphatic rings. The van der Waals surface area contributed by atoms with E-state index in [2.05, 4.69) is 59.7 Å². The third-order valence-corrected chi connectivity index (χ3v) is 6.85. The van der Waals surface area contributed by atoms with Crippen molar-refractivity contribution >= 4 is 22.6 Å². The van der Waals surface area contributed by atoms with Gasteiger partial charge in [0.1, 0.15) is 0 Å². The number of hydrogen-bond donors (Lipinski definition) is 3. The van der Waals surface area contributed by atoms with E-state index in [0.717, 1.165) is 48.0 Å². The zero-order valence-electron chi connectivity index (χ0n) is 20.1. The van der Waals surface area contributed by atoms with Gasteiger partial charge in [-0.1, -0.05) is 25.1 Å². The van der Waals surface area contributed by atoms with Crippen LogP contribution < -0.4 is 10.6 Å². The first kappa shape index (κ1) is 23.2. The van der Waals surface area contributed by atoms with Crippen LogP contribution in [-0.4, -0.2) is 37.9 Å². The molecule has 7 heteroatoms. The van der Waals surface area contributed by atoms with Crippen LogP contribution in [0, 0.1) is 13.8 Å². The van der Waals surface area contributed by atoms with Crippen molar-refractivity contribution in [2.45, 2.75) is 84.5 Å². The Morgan fingerprint density at radius 2 is 2.03 bits per heavy atom. The van der Waals surface area contributed by atoms with Crippen LogP contribution in [0.25, 0.3) is 11.0 Å². The third kappa shape index (κ3) is 4.88. The van der Waals surface area contributed by atoms with Gasteiger partial charge >= 0.3 is 0 Å². The van der Waals surface area contributed by atoms with Gasteiger partial charge in [-0.25, -0.2) is 9.67 Å². The molecule has 1 amide bonds. The van der Waals surface area contributed by atoms with Crippen LogP contribution in [-0.2, 0) is 6.54 Å². The van der Waals surface area contributed by atoms with Crippen LogP contribution in [0.15, 0.2) is 30.6 Å². The number of carbonyl (C=O) groups is 1. The predicted octanol–water partition coefficient (Wildman–Crippen LogP) is 4.66. The molecule has 2 aromatic heterocycles. The summed E-state index contributed by atoms with van der Waals surface area (Å²) in [4.78, 5) is 18.1. The second-order valence-corrected chi connectivity index (χ2v) is 9.18. The molecule has 7 nitrogen and oxygen atoms in total. The summed E-state index contributed by atoms with van der Waals surface area (Å²) in [5.41, 5.74) is 5.59. The number of aliphatic hydroxyl groups is 1. The second kappa shape index (κ2) is 9.91. The lowest BCUT2D eigenvalue weighted by Crippen LogP contribution is -2.32. The molecule has 1 aliphatic carbocycles. The molecule has 0 saturated heterocycles. The lowest BCUT2D eigenvalue weighted by atomic mass is 9.92. The lowest BCUT2D eigenvalue weighted by Gasteiger charge is -2.28. The number of aliphatic hydroxyl groups excluding tert-OH is 1. The van der Waals surface area contributed by atoms with Crippen molar-refractivity contribution < 1.29 is 9.90 Å². The highest BCUT2D eigenvalue weighted by Crippen LogP contribution is 2.31. The van der Waals surface area contributed by atoms with Crippen molar-refractivity contribution in [3.63, 3.8) is 0 Å². The number of rotatable bonds is 7. The fraction of sp³-hybridized carbons (Fsp3) is 0.500. The summed E-state index contributed by atoms with van der Waals surface area (Å²) < 4.78 is 1.84. The van der Waals surface area contributed by atoms with E-state index >= 15 is 0 Å². The van der Waals surface area contributed by atoms with E-state index < -0.39 is 0 Å². The molecule has 1 aromatic carbocycles. The highest BCUT2D eigenvalue weighted by Gasteiger charge is 2.25. The van der Waals surface area contributed by atoms with Crippen LogP contribution in [0.2, 0.25) is 0 Å². The Bertz CT molecular complexity index is 1140. The van der Waals surface area contributed by atoms with Gasteiger partial charge in [0.25, 0.3) is 5.91 Å². The Labute approximate surface area is 195 Å². The summed E-state index contributed by atoms with van der Waals surface area (Å²) >= 11 is 0. The number of nitrogens with zero attached hydrogens (tertiary/aromatic N) is 3. The topological polar surface area (TPSA) is 92.1 Å². The van der Waals surface area contributed by atoms with Gasteiger partial charge in [0, 0.05) is 18.8 Å². The first-order valence-electron chi connectivity index (χ1n) is 12.1. The van der Waals surface area contributed by atoms with Gasteiger partial charge in [-0.3, -0.25) is 4.79 Å². The van der Waals surface area contributed by atoms with Crippen molar-refractivity contribution in [2.75, 3.05) is 5.32 Å². The predicted molar refractivity (Wildman–Crippen MR) is 132 cm³/mol. The van der Waals surface area contributed by atoms with Gasteiger partial charge in [-0.2, -0.15) is 5.10 Å². The molecular weight excluding hydrogens is 414 g/mol. The summed E-state index contributed by atoms with van der Waals surface area (Å²) in [6.07, 6.45) is 7.35. The molecule has 0 aliphatic heterocycles. The minimum absolute atomic E-state index is 0.0878. The summed E-state index contributed by atoms with van der Waals surface area (Å²) in [7, 11) is 0. The van der Waals surface area contributed by atoms with Gasteiger partial charge < -0.3 is 15.7 Å². The SMILES string of the molecule is CCC(NC(=O)c1cnc2c(cnn2CC)c1NC1CCCC(O)C1)c1ccc(C)c(C)c1. The molecule has 3 N–H and O–H groups in total. The maximum atomic E-state index is 13.5. The smallest absolute Gasteiger partial charge is 0.255 e. The zero-order chi connectivity index (χ0) is 23.5. The molecule has 1 fully saturated rings. The van der Waals surface area contributed by atoms with Crippen LogP contribution in [0.5, 0.6) is 0 Å². The number of fused-ring (bicyclic) bond motifs is 1. The highest BCUT2D eigenvalue weighted by molar-refractivity contribution is 6.06. The summed E-state index contributed by atoms with van der Waals surface area (Å²) in [6, 6.07) is 6.37. The standard InChI is InChI=1S/C26H35N5O2/c1-5-23(18-11-10-16(3)17(4)12-18)30-26(33)22-14-27-25-21(15-28-31(25)6-2)24(22)29-19-8-7-9-20(32)13-19/h10-12,14-15,19-20,23,32H,5-9,13H2,1-4H3,(H,27,29)(H,30,33). The first-order valence-corrected chi connectivity index (χ1v) is 12.1. The van der Waals surface area contributed by atoms with Gasteiger partial charge in [-0.05, 0) is 69.6 Å². The zero-order valence-corrected chi connectivity index (χ0v) is 20.1. The van der Waals surface area contributed by atoms with Gasteiger partial charge in [-0.15, -0.1) is 0 Å². The Hall–Kier alpha value is -2.93. The molecule has 3 unspecified atom stereocenters. The molecule has 3 aromatic rings. The number of anilines is 1. The van der Waals surface area contributed by atoms with Gasteiger partial charge in [0.2, 0.25) is 0 Å². The van der Waals surface area contributed by atoms with Crippen LogP contribution >= 0.6 is 0 Å². The van der Waals surface area contributed by atoms with Crippen molar-refractivity contribution in [3.8, 4) is 0 Å². The van der Waals surface area contributed by atoms with Crippen molar-refractivity contribution in [2.24, 2.45) is 0 Å². The Morgan fingerprint density at radius 3 is 2.73 bits per heavy atom. The largest absolute Gasteiger partial charge is 0.393 e. The first-order chi connectivity index (χ1) is 15.9. The fourth-order valence-corrected chi connectivity index (χ4v) is 4.72. The lowest BCUT2D eigenvalue weighted by molar-refractivity contribution is 0.0936. The average molecular weight is 450 g/mol. The minimum Gasteiger partial charge on any atom is -0.393 e. The monoisotopic (exact) mass is 449 g/mol. The molecule has 0 bridgehead atoms. The molecule has 1 saturated carbocycles. The van der Waals surface area contributed by atoms with E-state index in [0.29, 0.717) is 18.5 Å². The van der Waals surface area contributed by atoms with Crippen LogP contribution in [0.1, 0.15) is 79.0 Å². The van der Waals surface area contributed by atoms with Crippen molar-refractivity contribution in [1.29, 1.82) is 0 Å². The van der Waals surface area contributed by atoms with Crippen molar-refractivity contribution in [3.05, 3.63) is 52.8 Å². The second-order valence-electron chi connectivity index (χ2n) is 9.18. The number of carbonyl (C=O) groups excluding carboxylic acids is 1. The molecule has 4 rings (SSSR count). The number of amides is 1. The molecular formula is C26H35N5O2. The van der Waals surface area contributed by atoms with Crippen molar-refractivity contribution in [1.82, 2.24) is 20.1 Å². The minimum atomic E-state index is -0.307. The number of hydrogen-bond acceptors (Lipinski definition) is 5. The summed E-state index contributed by atoms with van der Waals surface area (Å²) in [5.74, 6) is -0.155. The van der Waals surface area contributed by atoms with E-state index in [4.69, 9.17) is 0 Å². The Kier molecular flexibility index (Phi) is 6.98. The number of aromatic nitrogens is 3. The number of pyridine rings is 1. The Morgan fingerprint density at radius 1 is 1.21 bits per heavy atom. The van der Waals surface area contributed by atoms with E-state index in [1.807, 2.05) is 11.6 Å². The van der Waals surface area contributed by atoms with Gasteiger partial charge in [0.05, 0.1) is 35.0 Å². The number of benzene rings is 1. The third-order valence-electron chi connectivity index (χ3n) is 6.85. The Balaban J connectivity index is 1.67. The number of aryl methyl sites for hydroxylation is 3. The highest BCUT2D eigenvalue weighted by atomic mass is 16.3. The van der Waals surface area contributed by atoms with Crippen LogP contribution in [0.4, 0.5) is 5.69 Å². The molecule has 176 valence electrons. The summed E-state index contributed by atoms with van der Waals surface area (Å²) in [6.45, 7) is 8.99. The molecule has 2 heterocycles. The molecule has 33 heavy (non-hydrogen) atoms. The summed E-state index contributed by atoms with van der Waals surface area (Å²) in [5, 5.41) is 22.3. The fourth-order valence-electron chi connectivity index (χ4n) is 4.72. The van der Waals surface area contributed by atoms with E-state index in [1.54, 1.807) is 12.4 Å².